The van der Waals surface area contributed by atoms with Gasteiger partial charge in [0.1, 0.15) is 0 Å². The summed E-state index contributed by atoms with van der Waals surface area (Å²) in [6.07, 6.45) is 2.03. The molecule has 1 heterocycles. The average Bonchev–Trinajstić information content (AvgIpc) is 2.25. The molecule has 1 aliphatic heterocycles. The molecule has 0 aromatic carbocycles. The maximum absolute atomic E-state index is 11.6. The van der Waals surface area contributed by atoms with Gasteiger partial charge >= 0.3 is 5.97 Å². The molecule has 2 atom stereocenters. The van der Waals surface area contributed by atoms with E-state index in [4.69, 9.17) is 5.11 Å². The van der Waals surface area contributed by atoms with Gasteiger partial charge in [0.05, 0.1) is 0 Å². The van der Waals surface area contributed by atoms with Crippen LogP contribution in [0.2, 0.25) is 0 Å². The predicted molar refractivity (Wildman–Crippen MR) is 64.2 cm³/mol. The van der Waals surface area contributed by atoms with Crippen LogP contribution in [0, 0.1) is 5.92 Å². The minimum atomic E-state index is -3.74. The Labute approximate surface area is 102 Å². The van der Waals surface area contributed by atoms with Crippen molar-refractivity contribution in [3.63, 3.8) is 0 Å². The van der Waals surface area contributed by atoms with Gasteiger partial charge in [0.15, 0.2) is 5.25 Å². The number of sulfonamides is 1. The molecule has 1 aliphatic rings. The van der Waals surface area contributed by atoms with Gasteiger partial charge in [0, 0.05) is 13.1 Å². The minimum absolute atomic E-state index is 0.268. The molecule has 0 bridgehead atoms. The van der Waals surface area contributed by atoms with Gasteiger partial charge in [-0.2, -0.15) is 0 Å². The quantitative estimate of drug-likeness (QED) is 0.713. The molecular formula is C10H20N2O4S. The van der Waals surface area contributed by atoms with Crippen LogP contribution in [-0.4, -0.2) is 56.3 Å². The number of nitrogens with zero attached hydrogens (tertiary/aromatic N) is 1. The van der Waals surface area contributed by atoms with Crippen molar-refractivity contribution < 1.29 is 18.3 Å². The highest BCUT2D eigenvalue weighted by Crippen LogP contribution is 2.14. The summed E-state index contributed by atoms with van der Waals surface area (Å²) in [7, 11) is -1.74. The molecule has 17 heavy (non-hydrogen) atoms. The summed E-state index contributed by atoms with van der Waals surface area (Å²) in [4.78, 5) is 12.8. The predicted octanol–water partition coefficient (Wildman–Crippen LogP) is -0.279. The van der Waals surface area contributed by atoms with E-state index < -0.39 is 21.2 Å². The summed E-state index contributed by atoms with van der Waals surface area (Å²) in [5.74, 6) is -1.05. The first kappa shape index (κ1) is 14.4. The maximum Gasteiger partial charge on any atom is 0.323 e. The molecule has 0 aromatic rings. The van der Waals surface area contributed by atoms with Crippen molar-refractivity contribution in [2.45, 2.75) is 25.0 Å². The molecule has 2 unspecified atom stereocenters. The molecule has 0 saturated carbocycles. The lowest BCUT2D eigenvalue weighted by molar-refractivity contribution is -0.136. The third kappa shape index (κ3) is 4.25. The number of piperidine rings is 1. The zero-order valence-electron chi connectivity index (χ0n) is 10.2. The van der Waals surface area contributed by atoms with Crippen LogP contribution in [0.15, 0.2) is 0 Å². The number of aliphatic carboxylic acids is 1. The summed E-state index contributed by atoms with van der Waals surface area (Å²) in [6.45, 7) is 3.39. The molecule has 6 nitrogen and oxygen atoms in total. The van der Waals surface area contributed by atoms with Crippen molar-refractivity contribution in [3.05, 3.63) is 0 Å². The van der Waals surface area contributed by atoms with E-state index in [-0.39, 0.29) is 5.92 Å². The zero-order chi connectivity index (χ0) is 13.1. The first-order valence-corrected chi connectivity index (χ1v) is 7.27. The number of carboxylic acid groups (broad SMARTS) is 1. The highest BCUT2D eigenvalue weighted by atomic mass is 32.2. The van der Waals surface area contributed by atoms with Crippen molar-refractivity contribution in [1.82, 2.24) is 9.62 Å². The first-order valence-electron chi connectivity index (χ1n) is 5.72. The van der Waals surface area contributed by atoms with Crippen LogP contribution in [0.4, 0.5) is 0 Å². The molecule has 2 N–H and O–H groups in total. The SMILES string of the molecule is CC(C(=O)O)S(=O)(=O)NCC1CCCN(C)C1. The average molecular weight is 264 g/mol. The van der Waals surface area contributed by atoms with Crippen LogP contribution in [0.1, 0.15) is 19.8 Å². The number of nitrogens with one attached hydrogen (secondary N) is 1. The standard InChI is InChI=1S/C10H20N2O4S/c1-8(10(13)14)17(15,16)11-6-9-4-3-5-12(2)7-9/h8-9,11H,3-7H2,1-2H3,(H,13,14). The molecule has 0 amide bonds. The fraction of sp³-hybridized carbons (Fsp3) is 0.900. The van der Waals surface area contributed by atoms with Gasteiger partial charge in [-0.05, 0) is 39.3 Å². The lowest BCUT2D eigenvalue weighted by Crippen LogP contribution is -2.43. The van der Waals surface area contributed by atoms with Crippen LogP contribution in [0.25, 0.3) is 0 Å². The number of carboxylic acids is 1. The van der Waals surface area contributed by atoms with Gasteiger partial charge in [-0.25, -0.2) is 13.1 Å². The fourth-order valence-electron chi connectivity index (χ4n) is 1.93. The monoisotopic (exact) mass is 264 g/mol. The normalized spacial score (nSPS) is 24.5. The van der Waals surface area contributed by atoms with Gasteiger partial charge in [0.25, 0.3) is 0 Å². The molecule has 1 saturated heterocycles. The smallest absolute Gasteiger partial charge is 0.323 e. The Morgan fingerprint density at radius 3 is 2.76 bits per heavy atom. The minimum Gasteiger partial charge on any atom is -0.480 e. The molecule has 0 radical (unpaired) electrons. The Morgan fingerprint density at radius 1 is 1.59 bits per heavy atom. The number of hydrogen-bond acceptors (Lipinski definition) is 4. The van der Waals surface area contributed by atoms with E-state index in [2.05, 4.69) is 9.62 Å². The van der Waals surface area contributed by atoms with E-state index in [0.717, 1.165) is 25.9 Å². The van der Waals surface area contributed by atoms with E-state index in [9.17, 15) is 13.2 Å². The second-order valence-electron chi connectivity index (χ2n) is 4.64. The lowest BCUT2D eigenvalue weighted by atomic mass is 9.99. The molecule has 0 aromatic heterocycles. The molecule has 1 fully saturated rings. The number of likely N-dealkylation sites (tertiary alicyclic amines) is 1. The van der Waals surface area contributed by atoms with Crippen molar-refractivity contribution >= 4 is 16.0 Å². The van der Waals surface area contributed by atoms with E-state index in [1.807, 2.05) is 7.05 Å². The molecule has 1 rings (SSSR count). The van der Waals surface area contributed by atoms with Crippen molar-refractivity contribution in [3.8, 4) is 0 Å². The van der Waals surface area contributed by atoms with Crippen molar-refractivity contribution in [1.29, 1.82) is 0 Å². The maximum atomic E-state index is 11.6. The third-order valence-electron chi connectivity index (χ3n) is 3.11. The van der Waals surface area contributed by atoms with E-state index in [1.54, 1.807) is 0 Å². The Morgan fingerprint density at radius 2 is 2.24 bits per heavy atom. The molecule has 0 spiro atoms. The van der Waals surface area contributed by atoms with Gasteiger partial charge in [0.2, 0.25) is 10.0 Å². The van der Waals surface area contributed by atoms with Crippen LogP contribution in [0.3, 0.4) is 0 Å². The Balaban J connectivity index is 2.47. The number of carbonyl (C=O) groups is 1. The topological polar surface area (TPSA) is 86.7 Å². The largest absolute Gasteiger partial charge is 0.480 e. The van der Waals surface area contributed by atoms with Crippen LogP contribution < -0.4 is 4.72 Å². The molecule has 7 heteroatoms. The van der Waals surface area contributed by atoms with E-state index in [0.29, 0.717) is 6.54 Å². The van der Waals surface area contributed by atoms with Crippen LogP contribution in [-0.2, 0) is 14.8 Å². The third-order valence-corrected chi connectivity index (χ3v) is 4.81. The van der Waals surface area contributed by atoms with Crippen LogP contribution >= 0.6 is 0 Å². The van der Waals surface area contributed by atoms with Gasteiger partial charge < -0.3 is 10.0 Å². The second-order valence-corrected chi connectivity index (χ2v) is 6.73. The Kier molecular flexibility index (Phi) is 4.91. The molecular weight excluding hydrogens is 244 g/mol. The zero-order valence-corrected chi connectivity index (χ0v) is 11.0. The Bertz CT molecular complexity index is 369. The Hall–Kier alpha value is -0.660. The second kappa shape index (κ2) is 5.79. The summed E-state index contributed by atoms with van der Waals surface area (Å²) in [6, 6.07) is 0. The first-order chi connectivity index (χ1) is 7.83. The highest BCUT2D eigenvalue weighted by molar-refractivity contribution is 7.90. The highest BCUT2D eigenvalue weighted by Gasteiger charge is 2.28. The summed E-state index contributed by atoms with van der Waals surface area (Å²) in [5.41, 5.74) is 0. The molecule has 0 aliphatic carbocycles. The number of rotatable bonds is 5. The van der Waals surface area contributed by atoms with Gasteiger partial charge in [-0.15, -0.1) is 0 Å². The fourth-order valence-corrected chi connectivity index (χ4v) is 2.92. The van der Waals surface area contributed by atoms with Gasteiger partial charge in [-0.3, -0.25) is 4.79 Å². The lowest BCUT2D eigenvalue weighted by Gasteiger charge is -2.29. The van der Waals surface area contributed by atoms with E-state index >= 15 is 0 Å². The van der Waals surface area contributed by atoms with Crippen LogP contribution in [0.5, 0.6) is 0 Å². The van der Waals surface area contributed by atoms with E-state index in [1.165, 1.54) is 6.92 Å². The van der Waals surface area contributed by atoms with Gasteiger partial charge in [-0.1, -0.05) is 0 Å². The summed E-state index contributed by atoms with van der Waals surface area (Å²) < 4.78 is 25.6. The van der Waals surface area contributed by atoms with Crippen molar-refractivity contribution in [2.24, 2.45) is 5.92 Å². The van der Waals surface area contributed by atoms with Crippen molar-refractivity contribution in [2.75, 3.05) is 26.7 Å². The molecule has 100 valence electrons. The summed E-state index contributed by atoms with van der Waals surface area (Å²) >= 11 is 0. The number of hydrogen-bond donors (Lipinski definition) is 2. The summed E-state index contributed by atoms with van der Waals surface area (Å²) in [5, 5.41) is 7.27.